The van der Waals surface area contributed by atoms with Crippen molar-refractivity contribution in [2.45, 2.75) is 94.5 Å². The Kier molecular flexibility index (Phi) is 5.40. The van der Waals surface area contributed by atoms with Gasteiger partial charge in [-0.15, -0.1) is 0 Å². The molecule has 2 heterocycles. The Morgan fingerprint density at radius 1 is 1.04 bits per heavy atom. The van der Waals surface area contributed by atoms with E-state index in [0.29, 0.717) is 24.3 Å². The van der Waals surface area contributed by atoms with E-state index in [-0.39, 0.29) is 18.0 Å². The fourth-order valence-electron chi connectivity index (χ4n) is 6.33. The highest BCUT2D eigenvalue weighted by atomic mass is 16.4. The molecule has 2 unspecified atom stereocenters. The summed E-state index contributed by atoms with van der Waals surface area (Å²) in [5.74, 6) is 0.0280. The van der Waals surface area contributed by atoms with E-state index < -0.39 is 18.2 Å². The summed E-state index contributed by atoms with van der Waals surface area (Å²) in [4.78, 5) is 13.9. The van der Waals surface area contributed by atoms with E-state index >= 15 is 0 Å². The van der Waals surface area contributed by atoms with E-state index in [1.807, 2.05) is 6.08 Å². The Hall–Kier alpha value is -0.910. The number of aliphatic hydroxyl groups excluding tert-OH is 2. The van der Waals surface area contributed by atoms with Gasteiger partial charge in [0.15, 0.2) is 0 Å². The van der Waals surface area contributed by atoms with E-state index in [1.165, 1.54) is 19.3 Å². The first-order valence-corrected chi connectivity index (χ1v) is 10.6. The Morgan fingerprint density at radius 3 is 2.54 bits per heavy atom. The molecule has 0 bridgehead atoms. The van der Waals surface area contributed by atoms with E-state index in [0.717, 1.165) is 38.5 Å². The van der Waals surface area contributed by atoms with Crippen LogP contribution in [-0.2, 0) is 4.79 Å². The molecule has 0 aromatic rings. The number of hydrogen-bond donors (Lipinski definition) is 3. The van der Waals surface area contributed by atoms with Crippen LogP contribution in [-0.4, -0.2) is 56.5 Å². The topological polar surface area (TPSA) is 81.0 Å². The van der Waals surface area contributed by atoms with Crippen LogP contribution in [0.1, 0.15) is 64.2 Å². The Balaban J connectivity index is 1.45. The number of piperidine rings is 1. The largest absolute Gasteiger partial charge is 0.480 e. The van der Waals surface area contributed by atoms with Crippen molar-refractivity contribution in [3.63, 3.8) is 0 Å². The van der Waals surface area contributed by atoms with E-state index in [4.69, 9.17) is 0 Å². The van der Waals surface area contributed by atoms with E-state index in [1.54, 1.807) is 0 Å². The molecule has 7 atom stereocenters. The lowest BCUT2D eigenvalue weighted by atomic mass is 9.84. The molecule has 2 saturated heterocycles. The first kappa shape index (κ1) is 18.5. The summed E-state index contributed by atoms with van der Waals surface area (Å²) in [7, 11) is 0. The predicted molar refractivity (Wildman–Crippen MR) is 98.6 cm³/mol. The number of hydrogen-bond acceptors (Lipinski definition) is 4. The van der Waals surface area contributed by atoms with Crippen LogP contribution >= 0.6 is 0 Å². The molecule has 5 heteroatoms. The molecule has 2 aliphatic carbocycles. The number of carbonyl (C=O) groups is 1. The minimum absolute atomic E-state index is 0.0540. The van der Waals surface area contributed by atoms with Crippen LogP contribution in [0.25, 0.3) is 0 Å². The SMILES string of the molecule is O=C(O)C1CCCC2C[C@@H]3[C@@H](/C=C/[C@H](O)C4CCCCC4)[C@H](O)C[C@H]3N21. The van der Waals surface area contributed by atoms with Gasteiger partial charge in [-0.1, -0.05) is 31.4 Å². The average molecular weight is 363 g/mol. The monoisotopic (exact) mass is 363 g/mol. The summed E-state index contributed by atoms with van der Waals surface area (Å²) in [5, 5.41) is 30.8. The van der Waals surface area contributed by atoms with Gasteiger partial charge < -0.3 is 15.3 Å². The van der Waals surface area contributed by atoms with Crippen LogP contribution in [0, 0.1) is 17.8 Å². The Labute approximate surface area is 156 Å². The van der Waals surface area contributed by atoms with Crippen molar-refractivity contribution in [1.82, 2.24) is 4.90 Å². The van der Waals surface area contributed by atoms with Crippen LogP contribution in [0.2, 0.25) is 0 Å². The third kappa shape index (κ3) is 3.34. The third-order valence-electron chi connectivity index (χ3n) is 7.59. The highest BCUT2D eigenvalue weighted by molar-refractivity contribution is 5.73. The molecule has 0 spiro atoms. The van der Waals surface area contributed by atoms with Gasteiger partial charge in [-0.2, -0.15) is 0 Å². The minimum atomic E-state index is -0.712. The van der Waals surface area contributed by atoms with Gasteiger partial charge in [0.2, 0.25) is 0 Å². The molecule has 2 saturated carbocycles. The van der Waals surface area contributed by atoms with Crippen LogP contribution in [0.3, 0.4) is 0 Å². The maximum absolute atomic E-state index is 11.7. The predicted octanol–water partition coefficient (Wildman–Crippen LogP) is 2.56. The van der Waals surface area contributed by atoms with Crippen molar-refractivity contribution in [2.75, 3.05) is 0 Å². The lowest BCUT2D eigenvalue weighted by molar-refractivity contribution is -0.146. The maximum Gasteiger partial charge on any atom is 0.320 e. The number of nitrogens with zero attached hydrogens (tertiary/aromatic N) is 1. The molecule has 0 radical (unpaired) electrons. The van der Waals surface area contributed by atoms with Crippen LogP contribution in [0.15, 0.2) is 12.2 Å². The van der Waals surface area contributed by atoms with Gasteiger partial charge >= 0.3 is 5.97 Å². The molecular formula is C21H33NO4. The van der Waals surface area contributed by atoms with Crippen molar-refractivity contribution < 1.29 is 20.1 Å². The van der Waals surface area contributed by atoms with Gasteiger partial charge in [0.1, 0.15) is 6.04 Å². The zero-order valence-electron chi connectivity index (χ0n) is 15.5. The smallest absolute Gasteiger partial charge is 0.320 e. The van der Waals surface area contributed by atoms with Crippen molar-refractivity contribution in [3.05, 3.63) is 12.2 Å². The second kappa shape index (κ2) is 7.61. The lowest BCUT2D eigenvalue weighted by Crippen LogP contribution is -2.51. The molecule has 5 nitrogen and oxygen atoms in total. The number of carboxylic acids is 1. The fourth-order valence-corrected chi connectivity index (χ4v) is 6.33. The van der Waals surface area contributed by atoms with E-state index in [2.05, 4.69) is 11.0 Å². The first-order valence-electron chi connectivity index (χ1n) is 10.6. The number of fused-ring (bicyclic) bond motifs is 3. The molecule has 4 rings (SSSR count). The summed E-state index contributed by atoms with van der Waals surface area (Å²) in [6, 6.07) is 0.149. The Bertz CT molecular complexity index is 544. The summed E-state index contributed by atoms with van der Waals surface area (Å²) in [6.45, 7) is 0. The standard InChI is InChI=1S/C21H33NO4/c23-19(13-5-2-1-3-6-13)10-9-15-16-11-14-7-4-8-17(21(25)26)22(14)18(16)12-20(15)24/h9-10,13-20,23-24H,1-8,11-12H2,(H,25,26)/b10-9+/t14?,15-,16-,17?,18-,19+,20-/m1/s1. The molecule has 4 fully saturated rings. The first-order chi connectivity index (χ1) is 12.6. The van der Waals surface area contributed by atoms with Gasteiger partial charge in [0.25, 0.3) is 0 Å². The quantitative estimate of drug-likeness (QED) is 0.669. The van der Waals surface area contributed by atoms with Gasteiger partial charge in [0.05, 0.1) is 12.2 Å². The molecule has 3 N–H and O–H groups in total. The Morgan fingerprint density at radius 2 is 1.81 bits per heavy atom. The van der Waals surface area contributed by atoms with Crippen LogP contribution < -0.4 is 0 Å². The number of carboxylic acid groups (broad SMARTS) is 1. The summed E-state index contributed by atoms with van der Waals surface area (Å²) >= 11 is 0. The van der Waals surface area contributed by atoms with Crippen molar-refractivity contribution in [1.29, 1.82) is 0 Å². The maximum atomic E-state index is 11.7. The van der Waals surface area contributed by atoms with Crippen molar-refractivity contribution in [2.24, 2.45) is 17.8 Å². The molecule has 146 valence electrons. The molecule has 0 aromatic heterocycles. The zero-order chi connectivity index (χ0) is 18.3. The second-order valence-electron chi connectivity index (χ2n) is 9.01. The van der Waals surface area contributed by atoms with E-state index in [9.17, 15) is 20.1 Å². The van der Waals surface area contributed by atoms with Crippen LogP contribution in [0.5, 0.6) is 0 Å². The second-order valence-corrected chi connectivity index (χ2v) is 9.01. The summed E-state index contributed by atoms with van der Waals surface area (Å²) < 4.78 is 0. The highest BCUT2D eigenvalue weighted by Crippen LogP contribution is 2.49. The van der Waals surface area contributed by atoms with Crippen LogP contribution in [0.4, 0.5) is 0 Å². The molecular weight excluding hydrogens is 330 g/mol. The summed E-state index contributed by atoms with van der Waals surface area (Å²) in [5.41, 5.74) is 0. The van der Waals surface area contributed by atoms with Gasteiger partial charge in [-0.3, -0.25) is 9.69 Å². The number of rotatable bonds is 4. The molecule has 2 aliphatic heterocycles. The van der Waals surface area contributed by atoms with Gasteiger partial charge in [0, 0.05) is 18.0 Å². The third-order valence-corrected chi connectivity index (χ3v) is 7.59. The number of aliphatic carboxylic acids is 1. The van der Waals surface area contributed by atoms with Crippen molar-refractivity contribution >= 4 is 5.97 Å². The highest BCUT2D eigenvalue weighted by Gasteiger charge is 2.54. The van der Waals surface area contributed by atoms with Crippen molar-refractivity contribution in [3.8, 4) is 0 Å². The molecule has 26 heavy (non-hydrogen) atoms. The number of aliphatic hydroxyl groups is 2. The minimum Gasteiger partial charge on any atom is -0.480 e. The van der Waals surface area contributed by atoms with Gasteiger partial charge in [-0.05, 0) is 56.8 Å². The molecule has 0 amide bonds. The van der Waals surface area contributed by atoms with Gasteiger partial charge in [-0.25, -0.2) is 0 Å². The molecule has 4 aliphatic rings. The molecule has 0 aromatic carbocycles. The summed E-state index contributed by atoms with van der Waals surface area (Å²) in [6.07, 6.45) is 13.5. The fraction of sp³-hybridized carbons (Fsp3) is 0.857. The lowest BCUT2D eigenvalue weighted by Gasteiger charge is -2.38. The average Bonchev–Trinajstić information content (AvgIpc) is 3.14. The normalized spacial score (nSPS) is 42.7. The zero-order valence-corrected chi connectivity index (χ0v) is 15.5.